The van der Waals surface area contributed by atoms with E-state index >= 15 is 0 Å². The maximum Gasteiger partial charge on any atom is 0.416 e. The molecule has 1 aliphatic heterocycles. The molecule has 136 valence electrons. The zero-order valence-corrected chi connectivity index (χ0v) is 13.4. The summed E-state index contributed by atoms with van der Waals surface area (Å²) >= 11 is 0. The lowest BCUT2D eigenvalue weighted by Gasteiger charge is -2.17. The Morgan fingerprint density at radius 2 is 1.65 bits per heavy atom. The first kappa shape index (κ1) is 17.9. The van der Waals surface area contributed by atoms with E-state index in [9.17, 15) is 27.2 Å². The van der Waals surface area contributed by atoms with Gasteiger partial charge in [0.1, 0.15) is 5.82 Å². The Labute approximate surface area is 146 Å². The quantitative estimate of drug-likeness (QED) is 0.840. The summed E-state index contributed by atoms with van der Waals surface area (Å²) in [7, 11) is 0. The summed E-state index contributed by atoms with van der Waals surface area (Å²) in [6, 6.07) is 9.41. The van der Waals surface area contributed by atoms with Crippen molar-refractivity contribution in [3.63, 3.8) is 0 Å². The molecule has 1 unspecified atom stereocenters. The first-order valence-corrected chi connectivity index (χ1v) is 7.78. The molecule has 1 saturated heterocycles. The molecule has 0 bridgehead atoms. The minimum absolute atomic E-state index is 0.0476. The van der Waals surface area contributed by atoms with Crippen molar-refractivity contribution in [1.29, 1.82) is 0 Å². The molecule has 1 fully saturated rings. The zero-order valence-electron chi connectivity index (χ0n) is 13.4. The van der Waals surface area contributed by atoms with E-state index in [0.717, 1.165) is 12.1 Å². The standard InChI is InChI=1S/C18H14F4N2O2/c19-13-3-5-14(6-4-13)23-17(26)11-9-16(25)24(10-11)15-7-1-12(2-8-15)18(20,21)22/h1-8,11H,9-10H2,(H,23,26). The van der Waals surface area contributed by atoms with E-state index in [4.69, 9.17) is 0 Å². The van der Waals surface area contributed by atoms with Crippen LogP contribution in [0.4, 0.5) is 28.9 Å². The number of nitrogens with one attached hydrogen (secondary N) is 1. The highest BCUT2D eigenvalue weighted by Crippen LogP contribution is 2.32. The third kappa shape index (κ3) is 3.84. The summed E-state index contributed by atoms with van der Waals surface area (Å²) < 4.78 is 50.7. The first-order valence-electron chi connectivity index (χ1n) is 7.78. The molecular formula is C18H14F4N2O2. The molecule has 0 saturated carbocycles. The molecule has 1 atom stereocenters. The highest BCUT2D eigenvalue weighted by Gasteiger charge is 2.36. The number of rotatable bonds is 3. The molecule has 0 aliphatic carbocycles. The van der Waals surface area contributed by atoms with Crippen LogP contribution in [0.3, 0.4) is 0 Å². The van der Waals surface area contributed by atoms with Gasteiger partial charge >= 0.3 is 6.18 Å². The van der Waals surface area contributed by atoms with Crippen molar-refractivity contribution < 1.29 is 27.2 Å². The van der Waals surface area contributed by atoms with Gasteiger partial charge in [0.25, 0.3) is 0 Å². The number of hydrogen-bond acceptors (Lipinski definition) is 2. The van der Waals surface area contributed by atoms with Gasteiger partial charge in [-0.3, -0.25) is 9.59 Å². The molecule has 2 aromatic carbocycles. The van der Waals surface area contributed by atoms with Gasteiger partial charge in [0.2, 0.25) is 11.8 Å². The van der Waals surface area contributed by atoms with Crippen LogP contribution in [-0.4, -0.2) is 18.4 Å². The lowest BCUT2D eigenvalue weighted by Crippen LogP contribution is -2.28. The Balaban J connectivity index is 1.68. The van der Waals surface area contributed by atoms with Gasteiger partial charge in [0, 0.05) is 24.3 Å². The molecule has 1 N–H and O–H groups in total. The fourth-order valence-electron chi connectivity index (χ4n) is 2.74. The maximum absolute atomic E-state index is 12.9. The van der Waals surface area contributed by atoms with E-state index < -0.39 is 29.4 Å². The second kappa shape index (κ2) is 6.78. The maximum atomic E-state index is 12.9. The van der Waals surface area contributed by atoms with Crippen LogP contribution in [0.15, 0.2) is 48.5 Å². The van der Waals surface area contributed by atoms with Gasteiger partial charge in [0.05, 0.1) is 11.5 Å². The number of carbonyl (C=O) groups excluding carboxylic acids is 2. The van der Waals surface area contributed by atoms with Gasteiger partial charge in [-0.2, -0.15) is 13.2 Å². The average Bonchev–Trinajstić information content (AvgIpc) is 2.98. The number of hydrogen-bond donors (Lipinski definition) is 1. The van der Waals surface area contributed by atoms with E-state index in [1.54, 1.807) is 0 Å². The van der Waals surface area contributed by atoms with Crippen LogP contribution in [0.1, 0.15) is 12.0 Å². The molecule has 3 rings (SSSR count). The first-order chi connectivity index (χ1) is 12.2. The highest BCUT2D eigenvalue weighted by molar-refractivity contribution is 6.03. The predicted molar refractivity (Wildman–Crippen MR) is 86.9 cm³/mol. The number of halogens is 4. The molecule has 26 heavy (non-hydrogen) atoms. The molecule has 1 heterocycles. The van der Waals surface area contributed by atoms with Crippen LogP contribution >= 0.6 is 0 Å². The number of nitrogens with zero attached hydrogens (tertiary/aromatic N) is 1. The van der Waals surface area contributed by atoms with Crippen LogP contribution in [0, 0.1) is 11.7 Å². The van der Waals surface area contributed by atoms with Gasteiger partial charge in [-0.1, -0.05) is 0 Å². The SMILES string of the molecule is O=C(Nc1ccc(F)cc1)C1CC(=O)N(c2ccc(C(F)(F)F)cc2)C1. The molecule has 8 heteroatoms. The van der Waals surface area contributed by atoms with Crippen molar-refractivity contribution in [2.45, 2.75) is 12.6 Å². The van der Waals surface area contributed by atoms with E-state index in [-0.39, 0.29) is 18.9 Å². The summed E-state index contributed by atoms with van der Waals surface area (Å²) in [6.07, 6.45) is -4.50. The second-order valence-electron chi connectivity index (χ2n) is 5.95. The molecule has 2 amide bonds. The second-order valence-corrected chi connectivity index (χ2v) is 5.95. The molecule has 0 radical (unpaired) electrons. The van der Waals surface area contributed by atoms with Crippen LogP contribution in [0.5, 0.6) is 0 Å². The van der Waals surface area contributed by atoms with Crippen LogP contribution in [0.2, 0.25) is 0 Å². The van der Waals surface area contributed by atoms with Crippen molar-refractivity contribution in [3.8, 4) is 0 Å². The van der Waals surface area contributed by atoms with Gasteiger partial charge in [-0.15, -0.1) is 0 Å². The monoisotopic (exact) mass is 366 g/mol. The number of amides is 2. The van der Waals surface area contributed by atoms with Crippen molar-refractivity contribution >= 4 is 23.2 Å². The summed E-state index contributed by atoms with van der Waals surface area (Å²) in [5.41, 5.74) is -0.101. The molecule has 2 aromatic rings. The van der Waals surface area contributed by atoms with Gasteiger partial charge < -0.3 is 10.2 Å². The summed E-state index contributed by atoms with van der Waals surface area (Å²) in [5, 5.41) is 2.60. The average molecular weight is 366 g/mol. The minimum Gasteiger partial charge on any atom is -0.326 e. The van der Waals surface area contributed by atoms with Crippen LogP contribution in [0.25, 0.3) is 0 Å². The predicted octanol–water partition coefficient (Wildman–Crippen LogP) is 3.84. The lowest BCUT2D eigenvalue weighted by molar-refractivity contribution is -0.137. The summed E-state index contributed by atoms with van der Waals surface area (Å²) in [6.45, 7) is 0.0667. The summed E-state index contributed by atoms with van der Waals surface area (Å²) in [4.78, 5) is 25.7. The molecule has 4 nitrogen and oxygen atoms in total. The van der Waals surface area contributed by atoms with Crippen LogP contribution < -0.4 is 10.2 Å². The topological polar surface area (TPSA) is 49.4 Å². The van der Waals surface area contributed by atoms with Gasteiger partial charge in [-0.25, -0.2) is 4.39 Å². The van der Waals surface area contributed by atoms with Crippen LogP contribution in [-0.2, 0) is 15.8 Å². The zero-order chi connectivity index (χ0) is 18.9. The number of carbonyl (C=O) groups is 2. The number of alkyl halides is 3. The fraction of sp³-hybridized carbons (Fsp3) is 0.222. The van der Waals surface area contributed by atoms with E-state index in [2.05, 4.69) is 5.32 Å². The molecular weight excluding hydrogens is 352 g/mol. The van der Waals surface area contributed by atoms with Crippen molar-refractivity contribution in [3.05, 3.63) is 59.9 Å². The third-order valence-corrected chi connectivity index (χ3v) is 4.11. The van der Waals surface area contributed by atoms with E-state index in [1.165, 1.54) is 41.3 Å². The van der Waals surface area contributed by atoms with E-state index in [0.29, 0.717) is 11.4 Å². The Bertz CT molecular complexity index is 817. The Morgan fingerprint density at radius 1 is 1.04 bits per heavy atom. The fourth-order valence-corrected chi connectivity index (χ4v) is 2.74. The molecule has 0 spiro atoms. The van der Waals surface area contributed by atoms with Gasteiger partial charge in [-0.05, 0) is 48.5 Å². The highest BCUT2D eigenvalue weighted by atomic mass is 19.4. The Morgan fingerprint density at radius 3 is 2.23 bits per heavy atom. The minimum atomic E-state index is -4.45. The van der Waals surface area contributed by atoms with Crippen molar-refractivity contribution in [1.82, 2.24) is 0 Å². The van der Waals surface area contributed by atoms with Gasteiger partial charge in [0.15, 0.2) is 0 Å². The Kier molecular flexibility index (Phi) is 4.67. The molecule has 1 aliphatic rings. The van der Waals surface area contributed by atoms with Crippen molar-refractivity contribution in [2.75, 3.05) is 16.8 Å². The normalized spacial score (nSPS) is 17.5. The smallest absolute Gasteiger partial charge is 0.326 e. The molecule has 0 aromatic heterocycles. The number of anilines is 2. The third-order valence-electron chi connectivity index (χ3n) is 4.11. The summed E-state index contributed by atoms with van der Waals surface area (Å²) in [5.74, 6) is -1.83. The van der Waals surface area contributed by atoms with Crippen molar-refractivity contribution in [2.24, 2.45) is 5.92 Å². The van der Waals surface area contributed by atoms with E-state index in [1.807, 2.05) is 0 Å². The largest absolute Gasteiger partial charge is 0.416 e. The number of benzene rings is 2. The Hall–Kier alpha value is -2.90. The lowest BCUT2D eigenvalue weighted by atomic mass is 10.1.